The van der Waals surface area contributed by atoms with Crippen LogP contribution >= 0.6 is 0 Å². The van der Waals surface area contributed by atoms with E-state index in [0.717, 1.165) is 11.3 Å². The van der Waals surface area contributed by atoms with Crippen molar-refractivity contribution in [2.75, 3.05) is 0 Å². The molecule has 1 N–H and O–H groups in total. The lowest BCUT2D eigenvalue weighted by atomic mass is 10.2. The molecule has 2 heterocycles. The van der Waals surface area contributed by atoms with Gasteiger partial charge in [-0.3, -0.25) is 14.8 Å². The quantitative estimate of drug-likeness (QED) is 0.919. The first-order valence-electron chi connectivity index (χ1n) is 6.37. The first-order chi connectivity index (χ1) is 9.27. The first kappa shape index (κ1) is 14.8. The molecule has 0 aliphatic heterocycles. The van der Waals surface area contributed by atoms with Crippen molar-refractivity contribution in [3.8, 4) is 0 Å². The van der Waals surface area contributed by atoms with Gasteiger partial charge in [-0.05, 0) is 30.7 Å². The fraction of sp³-hybridized carbons (Fsp3) is 0.267. The Labute approximate surface area is 113 Å². The number of aromatic nitrogens is 2. The molecule has 2 rings (SSSR count). The number of amides is 1. The molecule has 0 bridgehead atoms. The molecule has 0 atom stereocenters. The highest BCUT2D eigenvalue weighted by Gasteiger charge is 2.09. The molecule has 1 amide bonds. The number of pyridine rings is 2. The fourth-order valence-corrected chi connectivity index (χ4v) is 1.48. The van der Waals surface area contributed by atoms with Crippen LogP contribution in [0.2, 0.25) is 0 Å². The Kier molecular flexibility index (Phi) is 6.22. The number of hydrogen-bond donors (Lipinski definition) is 1. The molecule has 19 heavy (non-hydrogen) atoms. The number of nitrogens with zero attached hydrogens (tertiary/aromatic N) is 2. The largest absolute Gasteiger partial charge is 0.345 e. The lowest BCUT2D eigenvalue weighted by molar-refractivity contribution is 0.0945. The summed E-state index contributed by atoms with van der Waals surface area (Å²) in [7, 11) is 0. The Morgan fingerprint density at radius 3 is 2.47 bits per heavy atom. The van der Waals surface area contributed by atoms with Crippen LogP contribution in [0.15, 0.2) is 42.7 Å². The molecule has 0 saturated carbocycles. The van der Waals surface area contributed by atoms with Gasteiger partial charge < -0.3 is 5.32 Å². The third-order valence-electron chi connectivity index (χ3n) is 2.38. The third-order valence-corrected chi connectivity index (χ3v) is 2.38. The third kappa shape index (κ3) is 4.50. The predicted octanol–water partition coefficient (Wildman–Crippen LogP) is 2.74. The van der Waals surface area contributed by atoms with Crippen LogP contribution in [0, 0.1) is 6.92 Å². The Bertz CT molecular complexity index is 512. The minimum absolute atomic E-state index is 0.172. The van der Waals surface area contributed by atoms with Gasteiger partial charge in [0, 0.05) is 12.4 Å². The Hall–Kier alpha value is -2.23. The maximum Gasteiger partial charge on any atom is 0.270 e. The molecule has 0 spiro atoms. The summed E-state index contributed by atoms with van der Waals surface area (Å²) in [6.45, 7) is 6.28. The number of carbonyl (C=O) groups is 1. The van der Waals surface area contributed by atoms with Crippen molar-refractivity contribution in [3.63, 3.8) is 0 Å². The van der Waals surface area contributed by atoms with Gasteiger partial charge in [0.15, 0.2) is 0 Å². The lowest BCUT2D eigenvalue weighted by Gasteiger charge is -2.05. The van der Waals surface area contributed by atoms with Gasteiger partial charge in [-0.2, -0.15) is 0 Å². The summed E-state index contributed by atoms with van der Waals surface area (Å²) in [6, 6.07) is 9.27. The molecule has 2 aromatic heterocycles. The minimum Gasteiger partial charge on any atom is -0.345 e. The van der Waals surface area contributed by atoms with E-state index in [9.17, 15) is 4.79 Å². The average molecular weight is 257 g/mol. The van der Waals surface area contributed by atoms with E-state index in [2.05, 4.69) is 15.3 Å². The highest BCUT2D eigenvalue weighted by Crippen LogP contribution is 2.03. The van der Waals surface area contributed by atoms with Gasteiger partial charge in [0.05, 0.1) is 12.2 Å². The molecule has 4 heteroatoms. The van der Waals surface area contributed by atoms with Crippen molar-refractivity contribution in [1.82, 2.24) is 15.3 Å². The summed E-state index contributed by atoms with van der Waals surface area (Å²) in [5.41, 5.74) is 2.16. The van der Waals surface area contributed by atoms with E-state index < -0.39 is 0 Å². The summed E-state index contributed by atoms with van der Waals surface area (Å²) >= 11 is 0. The van der Waals surface area contributed by atoms with Crippen LogP contribution in [-0.2, 0) is 6.54 Å². The van der Waals surface area contributed by atoms with E-state index in [4.69, 9.17) is 0 Å². The standard InChI is InChI=1S/C13H13N3O.C2H6/c1-10-5-4-8-15-12(10)13(17)16-9-11-6-2-3-7-14-11;1-2/h2-8H,9H2,1H3,(H,16,17);1-2H3. The number of aryl methyl sites for hydroxylation is 1. The predicted molar refractivity (Wildman–Crippen MR) is 75.7 cm³/mol. The monoisotopic (exact) mass is 257 g/mol. The zero-order valence-corrected chi connectivity index (χ0v) is 11.6. The van der Waals surface area contributed by atoms with E-state index >= 15 is 0 Å². The van der Waals surface area contributed by atoms with Crippen molar-refractivity contribution >= 4 is 5.91 Å². The minimum atomic E-state index is -0.172. The van der Waals surface area contributed by atoms with Crippen molar-refractivity contribution in [1.29, 1.82) is 0 Å². The maximum absolute atomic E-state index is 11.8. The van der Waals surface area contributed by atoms with Crippen molar-refractivity contribution in [2.45, 2.75) is 27.3 Å². The number of hydrogen-bond acceptors (Lipinski definition) is 3. The molecule has 0 saturated heterocycles. The highest BCUT2D eigenvalue weighted by molar-refractivity contribution is 5.93. The van der Waals surface area contributed by atoms with Gasteiger partial charge in [0.1, 0.15) is 5.69 Å². The second-order valence-electron chi connectivity index (χ2n) is 3.67. The van der Waals surface area contributed by atoms with Crippen LogP contribution in [-0.4, -0.2) is 15.9 Å². The fourth-order valence-electron chi connectivity index (χ4n) is 1.48. The molecular weight excluding hydrogens is 238 g/mol. The molecule has 0 unspecified atom stereocenters. The normalized spacial score (nSPS) is 9.21. The molecule has 0 fully saturated rings. The molecule has 0 aliphatic carbocycles. The van der Waals surface area contributed by atoms with Crippen LogP contribution < -0.4 is 5.32 Å². The van der Waals surface area contributed by atoms with Crippen molar-refractivity contribution in [3.05, 3.63) is 59.7 Å². The van der Waals surface area contributed by atoms with Gasteiger partial charge in [-0.15, -0.1) is 0 Å². The topological polar surface area (TPSA) is 54.9 Å². The number of carbonyl (C=O) groups excluding carboxylic acids is 1. The second-order valence-corrected chi connectivity index (χ2v) is 3.67. The summed E-state index contributed by atoms with van der Waals surface area (Å²) < 4.78 is 0. The van der Waals surface area contributed by atoms with Gasteiger partial charge in [-0.1, -0.05) is 26.0 Å². The van der Waals surface area contributed by atoms with Crippen LogP contribution in [0.4, 0.5) is 0 Å². The molecule has 100 valence electrons. The molecule has 2 aromatic rings. The molecular formula is C15H19N3O. The molecule has 0 radical (unpaired) electrons. The van der Waals surface area contributed by atoms with Crippen molar-refractivity contribution in [2.24, 2.45) is 0 Å². The summed E-state index contributed by atoms with van der Waals surface area (Å²) in [5, 5.41) is 2.79. The number of rotatable bonds is 3. The smallest absolute Gasteiger partial charge is 0.270 e. The van der Waals surface area contributed by atoms with Gasteiger partial charge >= 0.3 is 0 Å². The van der Waals surface area contributed by atoms with E-state index in [-0.39, 0.29) is 5.91 Å². The van der Waals surface area contributed by atoms with Crippen molar-refractivity contribution < 1.29 is 4.79 Å². The Balaban J connectivity index is 0.000000861. The molecule has 4 nitrogen and oxygen atoms in total. The summed E-state index contributed by atoms with van der Waals surface area (Å²) in [5.74, 6) is -0.172. The van der Waals surface area contributed by atoms with Gasteiger partial charge in [-0.25, -0.2) is 0 Å². The first-order valence-corrected chi connectivity index (χ1v) is 6.37. The van der Waals surface area contributed by atoms with E-state index in [0.29, 0.717) is 12.2 Å². The summed E-state index contributed by atoms with van der Waals surface area (Å²) in [4.78, 5) is 20.0. The van der Waals surface area contributed by atoms with Crippen LogP contribution in [0.25, 0.3) is 0 Å². The molecule has 0 aromatic carbocycles. The number of nitrogens with one attached hydrogen (secondary N) is 1. The van der Waals surface area contributed by atoms with E-state index in [1.807, 2.05) is 51.1 Å². The van der Waals surface area contributed by atoms with Crippen LogP contribution in [0.3, 0.4) is 0 Å². The van der Waals surface area contributed by atoms with Gasteiger partial charge in [0.2, 0.25) is 0 Å². The van der Waals surface area contributed by atoms with E-state index in [1.165, 1.54) is 0 Å². The van der Waals surface area contributed by atoms with Crippen LogP contribution in [0.5, 0.6) is 0 Å². The molecule has 0 aliphatic rings. The zero-order valence-electron chi connectivity index (χ0n) is 11.6. The zero-order chi connectivity index (χ0) is 14.1. The van der Waals surface area contributed by atoms with Gasteiger partial charge in [0.25, 0.3) is 5.91 Å². The van der Waals surface area contributed by atoms with E-state index in [1.54, 1.807) is 12.4 Å². The van der Waals surface area contributed by atoms with Crippen LogP contribution in [0.1, 0.15) is 35.6 Å². The Morgan fingerprint density at radius 2 is 1.84 bits per heavy atom. The SMILES string of the molecule is CC.Cc1cccnc1C(=O)NCc1ccccn1. The Morgan fingerprint density at radius 1 is 1.11 bits per heavy atom. The second kappa shape index (κ2) is 7.97. The summed E-state index contributed by atoms with van der Waals surface area (Å²) in [6.07, 6.45) is 3.32. The maximum atomic E-state index is 11.8. The average Bonchev–Trinajstić information content (AvgIpc) is 2.48. The highest BCUT2D eigenvalue weighted by atomic mass is 16.1. The lowest BCUT2D eigenvalue weighted by Crippen LogP contribution is -2.25.